The quantitative estimate of drug-likeness (QED) is 0.845. The molecule has 5 heteroatoms. The summed E-state index contributed by atoms with van der Waals surface area (Å²) >= 11 is 7.16. The Labute approximate surface area is 85.7 Å². The molecule has 0 aliphatic heterocycles. The standard InChI is InChI=1S/C8H10ClNO2S/c1-2-12-5-7(11)10-6-3-4-13-8(6)9/h3-4H,2,5H2,1H3,(H,10,11). The molecule has 13 heavy (non-hydrogen) atoms. The molecule has 1 amide bonds. The first-order chi connectivity index (χ1) is 6.24. The van der Waals surface area contributed by atoms with Crippen molar-refractivity contribution < 1.29 is 9.53 Å². The second-order valence-corrected chi connectivity index (χ2v) is 3.81. The summed E-state index contributed by atoms with van der Waals surface area (Å²) < 4.78 is 5.52. The van der Waals surface area contributed by atoms with Gasteiger partial charge < -0.3 is 10.1 Å². The van der Waals surface area contributed by atoms with Crippen LogP contribution in [0, 0.1) is 0 Å². The number of ether oxygens (including phenoxy) is 1. The van der Waals surface area contributed by atoms with Crippen LogP contribution >= 0.6 is 22.9 Å². The van der Waals surface area contributed by atoms with Crippen LogP contribution in [0.15, 0.2) is 11.4 Å². The maximum Gasteiger partial charge on any atom is 0.250 e. The minimum Gasteiger partial charge on any atom is -0.372 e. The van der Waals surface area contributed by atoms with Gasteiger partial charge in [0.15, 0.2) is 0 Å². The fraction of sp³-hybridized carbons (Fsp3) is 0.375. The van der Waals surface area contributed by atoms with Gasteiger partial charge in [-0.25, -0.2) is 0 Å². The molecular formula is C8H10ClNO2S. The average molecular weight is 220 g/mol. The summed E-state index contributed by atoms with van der Waals surface area (Å²) in [6.45, 7) is 2.44. The van der Waals surface area contributed by atoms with Gasteiger partial charge in [0, 0.05) is 6.61 Å². The third-order valence-electron chi connectivity index (χ3n) is 1.33. The monoisotopic (exact) mass is 219 g/mol. The van der Waals surface area contributed by atoms with Crippen molar-refractivity contribution in [3.05, 3.63) is 15.8 Å². The van der Waals surface area contributed by atoms with Crippen molar-refractivity contribution in [3.63, 3.8) is 0 Å². The van der Waals surface area contributed by atoms with Crippen LogP contribution in [-0.4, -0.2) is 19.1 Å². The molecule has 72 valence electrons. The van der Waals surface area contributed by atoms with Gasteiger partial charge in [0.05, 0.1) is 5.69 Å². The fourth-order valence-corrected chi connectivity index (χ4v) is 1.60. The molecule has 0 saturated heterocycles. The van der Waals surface area contributed by atoms with E-state index in [4.69, 9.17) is 16.3 Å². The number of hydrogen-bond donors (Lipinski definition) is 1. The summed E-state index contributed by atoms with van der Waals surface area (Å²) in [7, 11) is 0. The smallest absolute Gasteiger partial charge is 0.250 e. The zero-order valence-corrected chi connectivity index (χ0v) is 8.74. The lowest BCUT2D eigenvalue weighted by molar-refractivity contribution is -0.120. The van der Waals surface area contributed by atoms with Crippen molar-refractivity contribution in [3.8, 4) is 0 Å². The lowest BCUT2D eigenvalue weighted by Gasteiger charge is -2.02. The van der Waals surface area contributed by atoms with Gasteiger partial charge in [-0.2, -0.15) is 0 Å². The molecule has 0 aliphatic rings. The Morgan fingerprint density at radius 1 is 1.77 bits per heavy atom. The SMILES string of the molecule is CCOCC(=O)Nc1ccsc1Cl. The minimum absolute atomic E-state index is 0.0721. The van der Waals surface area contributed by atoms with Gasteiger partial charge in [-0.3, -0.25) is 4.79 Å². The van der Waals surface area contributed by atoms with Crippen LogP contribution in [0.4, 0.5) is 5.69 Å². The van der Waals surface area contributed by atoms with E-state index in [2.05, 4.69) is 5.32 Å². The number of amides is 1. The van der Waals surface area contributed by atoms with Gasteiger partial charge >= 0.3 is 0 Å². The maximum atomic E-state index is 11.1. The molecule has 1 aromatic rings. The molecule has 0 aliphatic carbocycles. The summed E-state index contributed by atoms with van der Waals surface area (Å²) in [6, 6.07) is 1.76. The van der Waals surface area contributed by atoms with Crippen molar-refractivity contribution in [2.45, 2.75) is 6.92 Å². The zero-order valence-electron chi connectivity index (χ0n) is 7.17. The molecule has 0 spiro atoms. The number of nitrogens with one attached hydrogen (secondary N) is 1. The van der Waals surface area contributed by atoms with Crippen LogP contribution in [0.1, 0.15) is 6.92 Å². The first-order valence-corrected chi connectivity index (χ1v) is 5.10. The van der Waals surface area contributed by atoms with Gasteiger partial charge in [0.25, 0.3) is 0 Å². The predicted molar refractivity (Wildman–Crippen MR) is 54.5 cm³/mol. The summed E-state index contributed by atoms with van der Waals surface area (Å²) in [5.41, 5.74) is 0.649. The summed E-state index contributed by atoms with van der Waals surface area (Å²) in [5.74, 6) is -0.179. The normalized spacial score (nSPS) is 10.0. The van der Waals surface area contributed by atoms with Crippen molar-refractivity contribution >= 4 is 34.5 Å². The number of carbonyl (C=O) groups is 1. The Morgan fingerprint density at radius 3 is 3.08 bits per heavy atom. The molecule has 3 nitrogen and oxygen atoms in total. The summed E-state index contributed by atoms with van der Waals surface area (Å²) in [6.07, 6.45) is 0. The number of carbonyl (C=O) groups excluding carboxylic acids is 1. The van der Waals surface area contributed by atoms with E-state index in [1.54, 1.807) is 6.07 Å². The van der Waals surface area contributed by atoms with E-state index in [0.717, 1.165) is 0 Å². The van der Waals surface area contributed by atoms with Gasteiger partial charge in [0.1, 0.15) is 10.9 Å². The minimum atomic E-state index is -0.179. The topological polar surface area (TPSA) is 38.3 Å². The Balaban J connectivity index is 2.41. The van der Waals surface area contributed by atoms with Crippen molar-refractivity contribution in [2.75, 3.05) is 18.5 Å². The van der Waals surface area contributed by atoms with Crippen LogP contribution in [0.5, 0.6) is 0 Å². The fourth-order valence-electron chi connectivity index (χ4n) is 0.763. The largest absolute Gasteiger partial charge is 0.372 e. The third kappa shape index (κ3) is 3.34. The average Bonchev–Trinajstić information content (AvgIpc) is 2.48. The molecular weight excluding hydrogens is 210 g/mol. The van der Waals surface area contributed by atoms with Gasteiger partial charge in [-0.15, -0.1) is 11.3 Å². The van der Waals surface area contributed by atoms with E-state index in [9.17, 15) is 4.79 Å². The summed E-state index contributed by atoms with van der Waals surface area (Å²) in [5, 5.41) is 4.46. The Kier molecular flexibility index (Phi) is 4.21. The third-order valence-corrected chi connectivity index (χ3v) is 2.50. The number of anilines is 1. The first kappa shape index (κ1) is 10.5. The van der Waals surface area contributed by atoms with E-state index in [1.165, 1.54) is 11.3 Å². The number of halogens is 1. The zero-order chi connectivity index (χ0) is 9.68. The Bertz CT molecular complexity index is 287. The second-order valence-electron chi connectivity index (χ2n) is 2.29. The van der Waals surface area contributed by atoms with Crippen molar-refractivity contribution in [1.29, 1.82) is 0 Å². The summed E-state index contributed by atoms with van der Waals surface area (Å²) in [4.78, 5) is 11.1. The van der Waals surface area contributed by atoms with Crippen LogP contribution < -0.4 is 5.32 Å². The highest BCUT2D eigenvalue weighted by Gasteiger charge is 2.05. The molecule has 1 aromatic heterocycles. The molecule has 0 radical (unpaired) electrons. The van der Waals surface area contributed by atoms with Crippen LogP contribution in [-0.2, 0) is 9.53 Å². The molecule has 1 heterocycles. The molecule has 0 fully saturated rings. The highest BCUT2D eigenvalue weighted by atomic mass is 35.5. The van der Waals surface area contributed by atoms with Gasteiger partial charge in [-0.05, 0) is 18.4 Å². The van der Waals surface area contributed by atoms with Crippen LogP contribution in [0.25, 0.3) is 0 Å². The lowest BCUT2D eigenvalue weighted by Crippen LogP contribution is -2.17. The molecule has 0 atom stereocenters. The molecule has 1 rings (SSSR count). The van der Waals surface area contributed by atoms with E-state index in [-0.39, 0.29) is 12.5 Å². The molecule has 0 aromatic carbocycles. The second kappa shape index (κ2) is 5.21. The molecule has 1 N–H and O–H groups in total. The highest BCUT2D eigenvalue weighted by Crippen LogP contribution is 2.27. The Hall–Kier alpha value is -0.580. The van der Waals surface area contributed by atoms with E-state index in [0.29, 0.717) is 16.6 Å². The van der Waals surface area contributed by atoms with Crippen LogP contribution in [0.3, 0.4) is 0 Å². The Morgan fingerprint density at radius 2 is 2.54 bits per heavy atom. The highest BCUT2D eigenvalue weighted by molar-refractivity contribution is 7.15. The van der Waals surface area contributed by atoms with E-state index in [1.807, 2.05) is 12.3 Å². The molecule has 0 saturated carbocycles. The van der Waals surface area contributed by atoms with Crippen LogP contribution in [0.2, 0.25) is 4.34 Å². The molecule has 0 unspecified atom stereocenters. The van der Waals surface area contributed by atoms with E-state index >= 15 is 0 Å². The van der Waals surface area contributed by atoms with E-state index < -0.39 is 0 Å². The van der Waals surface area contributed by atoms with Crippen molar-refractivity contribution in [2.24, 2.45) is 0 Å². The van der Waals surface area contributed by atoms with Gasteiger partial charge in [0.2, 0.25) is 5.91 Å². The predicted octanol–water partition coefficient (Wildman–Crippen LogP) is 2.38. The lowest BCUT2D eigenvalue weighted by atomic mass is 10.5. The first-order valence-electron chi connectivity index (χ1n) is 3.84. The number of thiophene rings is 1. The number of hydrogen-bond acceptors (Lipinski definition) is 3. The number of rotatable bonds is 4. The van der Waals surface area contributed by atoms with Gasteiger partial charge in [-0.1, -0.05) is 11.6 Å². The van der Waals surface area contributed by atoms with Crippen molar-refractivity contribution in [1.82, 2.24) is 0 Å². The molecule has 0 bridgehead atoms. The maximum absolute atomic E-state index is 11.1.